The van der Waals surface area contributed by atoms with E-state index in [4.69, 9.17) is 5.73 Å². The van der Waals surface area contributed by atoms with Crippen LogP contribution >= 0.6 is 0 Å². The minimum atomic E-state index is -0.434. The van der Waals surface area contributed by atoms with Crippen molar-refractivity contribution in [3.8, 4) is 0 Å². The normalized spacial score (nSPS) is 22.3. The highest BCUT2D eigenvalue weighted by molar-refractivity contribution is 5.82. The maximum atomic E-state index is 11.9. The van der Waals surface area contributed by atoms with E-state index in [9.17, 15) is 9.59 Å². The molecule has 1 aliphatic heterocycles. The summed E-state index contributed by atoms with van der Waals surface area (Å²) in [7, 11) is 0. The number of hydrogen-bond donors (Lipinski definition) is 2. The molecule has 0 bridgehead atoms. The Labute approximate surface area is 96.4 Å². The number of nitrogens with zero attached hydrogens (tertiary/aromatic N) is 1. The zero-order valence-corrected chi connectivity index (χ0v) is 10.2. The highest BCUT2D eigenvalue weighted by Gasteiger charge is 2.30. The van der Waals surface area contributed by atoms with E-state index >= 15 is 0 Å². The lowest BCUT2D eigenvalue weighted by molar-refractivity contribution is -0.132. The molecular weight excluding hydrogens is 206 g/mol. The van der Waals surface area contributed by atoms with Gasteiger partial charge in [-0.25, -0.2) is 0 Å². The molecule has 5 nitrogen and oxygen atoms in total. The molecule has 2 amide bonds. The average Bonchev–Trinajstić information content (AvgIpc) is 2.62. The fourth-order valence-electron chi connectivity index (χ4n) is 1.86. The molecular formula is C11H21N3O2. The molecule has 0 radical (unpaired) electrons. The molecule has 16 heavy (non-hydrogen) atoms. The third kappa shape index (κ3) is 3.20. The first kappa shape index (κ1) is 13.0. The molecule has 3 N–H and O–H groups in total. The van der Waals surface area contributed by atoms with Crippen molar-refractivity contribution in [2.24, 2.45) is 11.7 Å². The van der Waals surface area contributed by atoms with Gasteiger partial charge in [0.1, 0.15) is 0 Å². The van der Waals surface area contributed by atoms with E-state index in [1.807, 2.05) is 13.8 Å². The lowest BCUT2D eigenvalue weighted by Gasteiger charge is -2.23. The summed E-state index contributed by atoms with van der Waals surface area (Å²) in [4.78, 5) is 24.5. The Balaban J connectivity index is 2.46. The summed E-state index contributed by atoms with van der Waals surface area (Å²) in [5, 5.41) is 2.82. The Kier molecular flexibility index (Phi) is 4.29. The van der Waals surface area contributed by atoms with Crippen molar-refractivity contribution in [1.29, 1.82) is 0 Å². The highest BCUT2D eigenvalue weighted by atomic mass is 16.2. The van der Waals surface area contributed by atoms with E-state index in [1.165, 1.54) is 6.92 Å². The van der Waals surface area contributed by atoms with Crippen LogP contribution < -0.4 is 11.1 Å². The van der Waals surface area contributed by atoms with Gasteiger partial charge in [0.25, 0.3) is 0 Å². The minimum Gasteiger partial charge on any atom is -0.352 e. The summed E-state index contributed by atoms with van der Waals surface area (Å²) in [6, 6.07) is -0.350. The lowest BCUT2D eigenvalue weighted by atomic mass is 10.0. The van der Waals surface area contributed by atoms with Crippen molar-refractivity contribution < 1.29 is 9.59 Å². The summed E-state index contributed by atoms with van der Waals surface area (Å²) < 4.78 is 0. The third-order valence-corrected chi connectivity index (χ3v) is 2.91. The number of carbonyl (C=O) groups is 2. The van der Waals surface area contributed by atoms with E-state index in [0.717, 1.165) is 6.42 Å². The van der Waals surface area contributed by atoms with Gasteiger partial charge in [0.15, 0.2) is 0 Å². The Hall–Kier alpha value is -1.10. The molecule has 5 heteroatoms. The fourth-order valence-corrected chi connectivity index (χ4v) is 1.86. The maximum absolute atomic E-state index is 11.9. The van der Waals surface area contributed by atoms with E-state index in [1.54, 1.807) is 4.90 Å². The molecule has 0 aromatic carbocycles. The Bertz CT molecular complexity index is 278. The van der Waals surface area contributed by atoms with Crippen LogP contribution in [0.25, 0.3) is 0 Å². The smallest absolute Gasteiger partial charge is 0.239 e. The monoisotopic (exact) mass is 227 g/mol. The number of rotatable bonds is 3. The van der Waals surface area contributed by atoms with Crippen molar-refractivity contribution in [3.05, 3.63) is 0 Å². The van der Waals surface area contributed by atoms with Crippen LogP contribution in [0.1, 0.15) is 27.2 Å². The predicted molar refractivity (Wildman–Crippen MR) is 61.6 cm³/mol. The van der Waals surface area contributed by atoms with Crippen molar-refractivity contribution >= 4 is 11.8 Å². The van der Waals surface area contributed by atoms with Crippen LogP contribution in [0, 0.1) is 5.92 Å². The van der Waals surface area contributed by atoms with E-state index in [-0.39, 0.29) is 23.8 Å². The van der Waals surface area contributed by atoms with Crippen LogP contribution in [0.2, 0.25) is 0 Å². The van der Waals surface area contributed by atoms with Crippen molar-refractivity contribution in [2.75, 3.05) is 13.1 Å². The zero-order valence-electron chi connectivity index (χ0n) is 10.2. The van der Waals surface area contributed by atoms with Gasteiger partial charge < -0.3 is 16.0 Å². The second-order valence-electron chi connectivity index (χ2n) is 4.74. The van der Waals surface area contributed by atoms with Crippen molar-refractivity contribution in [1.82, 2.24) is 10.2 Å². The number of nitrogens with one attached hydrogen (secondary N) is 1. The molecule has 92 valence electrons. The molecule has 1 rings (SSSR count). The Morgan fingerprint density at radius 1 is 1.44 bits per heavy atom. The molecule has 1 saturated heterocycles. The van der Waals surface area contributed by atoms with Gasteiger partial charge in [-0.2, -0.15) is 0 Å². The van der Waals surface area contributed by atoms with Gasteiger partial charge in [0, 0.05) is 26.1 Å². The largest absolute Gasteiger partial charge is 0.352 e. The minimum absolute atomic E-state index is 0.0112. The van der Waals surface area contributed by atoms with E-state index in [2.05, 4.69) is 5.32 Å². The summed E-state index contributed by atoms with van der Waals surface area (Å²) >= 11 is 0. The van der Waals surface area contributed by atoms with Gasteiger partial charge in [-0.05, 0) is 12.3 Å². The summed E-state index contributed by atoms with van der Waals surface area (Å²) in [6.07, 6.45) is 0.816. The standard InChI is InChI=1S/C11H21N3O2/c1-7(2)10(12)11(16)14-5-4-9(6-14)13-8(3)15/h7,9-10H,4-6,12H2,1-3H3,(H,13,15)/t9-,10-/m0/s1. The van der Waals surface area contributed by atoms with Crippen LogP contribution in [0.4, 0.5) is 0 Å². The molecule has 2 atom stereocenters. The maximum Gasteiger partial charge on any atom is 0.239 e. The Morgan fingerprint density at radius 3 is 2.56 bits per heavy atom. The van der Waals surface area contributed by atoms with Crippen LogP contribution in [-0.4, -0.2) is 41.9 Å². The zero-order chi connectivity index (χ0) is 12.3. The Morgan fingerprint density at radius 2 is 2.06 bits per heavy atom. The first-order valence-electron chi connectivity index (χ1n) is 5.73. The average molecular weight is 227 g/mol. The van der Waals surface area contributed by atoms with Gasteiger partial charge in [-0.15, -0.1) is 0 Å². The van der Waals surface area contributed by atoms with Gasteiger partial charge in [0.2, 0.25) is 11.8 Å². The second-order valence-corrected chi connectivity index (χ2v) is 4.74. The number of likely N-dealkylation sites (tertiary alicyclic amines) is 1. The molecule has 0 aromatic heterocycles. The molecule has 1 fully saturated rings. The summed E-state index contributed by atoms with van der Waals surface area (Å²) in [5.41, 5.74) is 5.81. The third-order valence-electron chi connectivity index (χ3n) is 2.91. The van der Waals surface area contributed by atoms with E-state index in [0.29, 0.717) is 13.1 Å². The quantitative estimate of drug-likeness (QED) is 0.695. The van der Waals surface area contributed by atoms with Crippen LogP contribution in [0.3, 0.4) is 0 Å². The molecule has 1 heterocycles. The van der Waals surface area contributed by atoms with Crippen LogP contribution in [0.15, 0.2) is 0 Å². The number of carbonyl (C=O) groups excluding carboxylic acids is 2. The van der Waals surface area contributed by atoms with Crippen molar-refractivity contribution in [3.63, 3.8) is 0 Å². The van der Waals surface area contributed by atoms with Crippen LogP contribution in [0.5, 0.6) is 0 Å². The van der Waals surface area contributed by atoms with E-state index < -0.39 is 6.04 Å². The van der Waals surface area contributed by atoms with Gasteiger partial charge >= 0.3 is 0 Å². The number of hydrogen-bond acceptors (Lipinski definition) is 3. The van der Waals surface area contributed by atoms with Gasteiger partial charge in [-0.3, -0.25) is 9.59 Å². The topological polar surface area (TPSA) is 75.4 Å². The van der Waals surface area contributed by atoms with Crippen molar-refractivity contribution in [2.45, 2.75) is 39.3 Å². The van der Waals surface area contributed by atoms with Crippen LogP contribution in [-0.2, 0) is 9.59 Å². The molecule has 1 aliphatic rings. The molecule has 0 spiro atoms. The predicted octanol–water partition coefficient (Wildman–Crippen LogP) is -0.293. The summed E-state index contributed by atoms with van der Waals surface area (Å²) in [5.74, 6) is 0.0858. The fraction of sp³-hybridized carbons (Fsp3) is 0.818. The van der Waals surface area contributed by atoms with Gasteiger partial charge in [-0.1, -0.05) is 13.8 Å². The molecule has 0 saturated carbocycles. The molecule has 0 aliphatic carbocycles. The SMILES string of the molecule is CC(=O)N[C@H]1CCN(C(=O)[C@@H](N)C(C)C)C1. The second kappa shape index (κ2) is 5.30. The first-order chi connectivity index (χ1) is 7.41. The first-order valence-corrected chi connectivity index (χ1v) is 5.73. The lowest BCUT2D eigenvalue weighted by Crippen LogP contribution is -2.46. The molecule has 0 unspecified atom stereocenters. The molecule has 0 aromatic rings. The number of amides is 2. The number of nitrogens with two attached hydrogens (primary N) is 1. The summed E-state index contributed by atoms with van der Waals surface area (Å²) in [6.45, 7) is 6.63. The highest BCUT2D eigenvalue weighted by Crippen LogP contribution is 2.12. The van der Waals surface area contributed by atoms with Gasteiger partial charge in [0.05, 0.1) is 6.04 Å².